The average Bonchev–Trinajstić information content (AvgIpc) is 3.09. The maximum Gasteiger partial charge on any atom is 1.00 e. The number of amides is 1. The molecule has 0 spiro atoms. The number of benzene rings is 2. The number of H-pyrrole nitrogens is 1. The smallest absolute Gasteiger partial charge is 0.807 e. The molecule has 15 heteroatoms. The molecule has 0 bridgehead atoms. The summed E-state index contributed by atoms with van der Waals surface area (Å²) < 4.78 is 13.6. The Labute approximate surface area is 248 Å². The number of carbonyl (C=O) groups is 3. The van der Waals surface area contributed by atoms with E-state index >= 15 is 0 Å². The number of ketones is 1. The van der Waals surface area contributed by atoms with Crippen molar-refractivity contribution in [2.45, 2.75) is 0 Å². The van der Waals surface area contributed by atoms with E-state index in [1.807, 2.05) is 18.2 Å². The van der Waals surface area contributed by atoms with Crippen LogP contribution in [0.4, 0.5) is 15.5 Å². The first kappa shape index (κ1) is 33.6. The van der Waals surface area contributed by atoms with Crippen LogP contribution in [0.5, 0.6) is 0 Å². The van der Waals surface area contributed by atoms with Gasteiger partial charge < -0.3 is 34.0 Å². The number of hydrogen-bond donors (Lipinski definition) is 2. The van der Waals surface area contributed by atoms with Gasteiger partial charge >= 0.3 is 94.8 Å². The van der Waals surface area contributed by atoms with E-state index < -0.39 is 19.4 Å². The molecule has 3 rings (SSSR count). The zero-order valence-electron chi connectivity index (χ0n) is 17.8. The van der Waals surface area contributed by atoms with Gasteiger partial charge in [0.2, 0.25) is 5.95 Å². The Bertz CT molecular complexity index is 1100. The van der Waals surface area contributed by atoms with Crippen molar-refractivity contribution >= 4 is 42.2 Å². The summed E-state index contributed by atoms with van der Waals surface area (Å²) in [6, 6.07) is 14.2. The van der Waals surface area contributed by atoms with Crippen molar-refractivity contribution in [1.29, 1.82) is 0 Å². The Morgan fingerprint density at radius 2 is 1.56 bits per heavy atom. The fourth-order valence-electron chi connectivity index (χ4n) is 2.11. The summed E-state index contributed by atoms with van der Waals surface area (Å²) in [5.41, 5.74) is -0.0852. The number of fused-ring (bicyclic) bond motifs is 1. The second-order valence-electron chi connectivity index (χ2n) is 5.39. The van der Waals surface area contributed by atoms with E-state index in [0.717, 1.165) is 0 Å². The molecule has 0 saturated heterocycles. The van der Waals surface area contributed by atoms with Crippen molar-refractivity contribution in [3.05, 3.63) is 59.7 Å². The molecule has 11 nitrogen and oxygen atoms in total. The van der Waals surface area contributed by atoms with Crippen LogP contribution in [-0.4, -0.2) is 34.7 Å². The third kappa shape index (κ3) is 10.2. The zero-order chi connectivity index (χ0) is 21.6. The SMILES string of the molecule is COC(=O)Nc1nc2ccc(C(=O)c3ccccc3)cc2[nH]1.O=C([O-])P(=O)([O-])[O-].[Na+].[Na+].[Na+]. The third-order valence-corrected chi connectivity index (χ3v) is 3.86. The molecule has 0 saturated carbocycles. The molecule has 0 radical (unpaired) electrons. The second-order valence-corrected chi connectivity index (χ2v) is 6.75. The number of aromatic nitrogens is 2. The Morgan fingerprint density at radius 1 is 1.00 bits per heavy atom. The van der Waals surface area contributed by atoms with Crippen LogP contribution < -0.4 is 109 Å². The monoisotopic (exact) mass is 487 g/mol. The molecule has 1 heterocycles. The standard InChI is InChI=1S/C16H13N3O3.CH3O5P.3Na/c1-22-16(21)19-15-17-12-8-7-11(9-13(12)18-15)14(20)10-5-3-2-4-6-10;2-1(3)7(4,5)6;;;/h2-9H,1H3,(H2,17,18,19,21);(H,2,3)(H2,4,5,6);;;/q;;3*+1/p-3. The maximum absolute atomic E-state index is 12.4. The number of nitrogens with one attached hydrogen (secondary N) is 2. The predicted molar refractivity (Wildman–Crippen MR) is 95.0 cm³/mol. The average molecular weight is 487 g/mol. The summed E-state index contributed by atoms with van der Waals surface area (Å²) in [6.45, 7) is 0. The molecule has 1 amide bonds. The van der Waals surface area contributed by atoms with Crippen molar-refractivity contribution in [2.24, 2.45) is 0 Å². The van der Waals surface area contributed by atoms with Gasteiger partial charge in [0.05, 0.1) is 23.9 Å². The van der Waals surface area contributed by atoms with Gasteiger partial charge in [0.25, 0.3) is 0 Å². The molecule has 0 aliphatic carbocycles. The van der Waals surface area contributed by atoms with Gasteiger partial charge in [0.15, 0.2) is 5.78 Å². The molecule has 1 aromatic heterocycles. The summed E-state index contributed by atoms with van der Waals surface area (Å²) in [5, 5.41) is 11.5. The first-order valence-electron chi connectivity index (χ1n) is 7.80. The van der Waals surface area contributed by atoms with Crippen LogP contribution in [0.15, 0.2) is 48.5 Å². The number of imidazole rings is 1. The van der Waals surface area contributed by atoms with Crippen molar-refractivity contribution in [3.8, 4) is 0 Å². The number of aromatic amines is 1. The number of carbonyl (C=O) groups excluding carboxylic acids is 3. The summed E-state index contributed by atoms with van der Waals surface area (Å²) >= 11 is 0. The summed E-state index contributed by atoms with van der Waals surface area (Å²) in [6.07, 6.45) is -0.611. The van der Waals surface area contributed by atoms with Gasteiger partial charge in [-0.2, -0.15) is 0 Å². The van der Waals surface area contributed by atoms with Crippen molar-refractivity contribution in [3.63, 3.8) is 0 Å². The van der Waals surface area contributed by atoms with E-state index in [-0.39, 0.29) is 100 Å². The number of hydrogen-bond acceptors (Lipinski definition) is 9. The Balaban J connectivity index is 0. The topological polar surface area (TPSA) is 187 Å². The molecule has 3 aromatic rings. The summed E-state index contributed by atoms with van der Waals surface area (Å²) in [4.78, 5) is 58.0. The molecule has 2 aromatic carbocycles. The van der Waals surface area contributed by atoms with Crippen molar-refractivity contribution < 1.29 is 127 Å². The van der Waals surface area contributed by atoms with Gasteiger partial charge in [0.1, 0.15) is 0 Å². The second kappa shape index (κ2) is 15.4. The maximum atomic E-state index is 12.4. The molecular weight excluding hydrogens is 474 g/mol. The van der Waals surface area contributed by atoms with Gasteiger partial charge in [-0.05, 0) is 25.8 Å². The van der Waals surface area contributed by atoms with E-state index in [1.165, 1.54) is 7.11 Å². The molecule has 0 unspecified atom stereocenters. The van der Waals surface area contributed by atoms with E-state index in [1.54, 1.807) is 30.3 Å². The van der Waals surface area contributed by atoms with Crippen LogP contribution in [0.25, 0.3) is 11.0 Å². The predicted octanol–water partition coefficient (Wildman–Crippen LogP) is -8.77. The number of rotatable bonds is 4. The van der Waals surface area contributed by atoms with E-state index in [4.69, 9.17) is 24.3 Å². The van der Waals surface area contributed by atoms with E-state index in [2.05, 4.69) is 20.0 Å². The van der Waals surface area contributed by atoms with Gasteiger partial charge in [-0.1, -0.05) is 30.3 Å². The Morgan fingerprint density at radius 3 is 2.06 bits per heavy atom. The number of carboxylic acid groups (broad SMARTS) is 1. The molecule has 0 aliphatic rings. The van der Waals surface area contributed by atoms with E-state index in [0.29, 0.717) is 22.2 Å². The first-order valence-corrected chi connectivity index (χ1v) is 9.34. The zero-order valence-corrected chi connectivity index (χ0v) is 24.7. The van der Waals surface area contributed by atoms with Gasteiger partial charge in [-0.3, -0.25) is 10.1 Å². The summed E-state index contributed by atoms with van der Waals surface area (Å²) in [5.74, 6) is 0.200. The molecule has 0 fully saturated rings. The number of nitrogens with zero attached hydrogens (tertiary/aromatic N) is 1. The van der Waals surface area contributed by atoms with Crippen LogP contribution in [0.2, 0.25) is 0 Å². The largest absolute Gasteiger partial charge is 1.00 e. The molecular formula is C17H13N3Na3O8P. The van der Waals surface area contributed by atoms with Crippen LogP contribution >= 0.6 is 7.60 Å². The number of anilines is 1. The van der Waals surface area contributed by atoms with Gasteiger partial charge in [-0.15, -0.1) is 0 Å². The Kier molecular flexibility index (Phi) is 16.2. The van der Waals surface area contributed by atoms with Gasteiger partial charge in [-0.25, -0.2) is 9.78 Å². The first-order chi connectivity index (χ1) is 13.6. The Hall–Kier alpha value is -0.530. The molecule has 0 atom stereocenters. The number of methoxy groups -OCH3 is 1. The number of ether oxygens (including phenoxy) is 1. The summed E-state index contributed by atoms with van der Waals surface area (Å²) in [7, 11) is -4.16. The van der Waals surface area contributed by atoms with Crippen molar-refractivity contribution in [2.75, 3.05) is 12.4 Å². The quantitative estimate of drug-likeness (QED) is 0.205. The third-order valence-electron chi connectivity index (χ3n) is 3.41. The van der Waals surface area contributed by atoms with Crippen LogP contribution in [0.1, 0.15) is 15.9 Å². The van der Waals surface area contributed by atoms with Crippen LogP contribution in [0, 0.1) is 0 Å². The normalized spacial score (nSPS) is 9.59. The van der Waals surface area contributed by atoms with Crippen molar-refractivity contribution in [1.82, 2.24) is 9.97 Å². The minimum Gasteiger partial charge on any atom is -0.807 e. The molecule has 0 aliphatic heterocycles. The molecule has 32 heavy (non-hydrogen) atoms. The fraction of sp³-hybridized carbons (Fsp3) is 0.0588. The van der Waals surface area contributed by atoms with Crippen LogP contribution in [-0.2, 0) is 9.30 Å². The fourth-order valence-corrected chi connectivity index (χ4v) is 2.11. The molecule has 2 N–H and O–H groups in total. The van der Waals surface area contributed by atoms with Gasteiger partial charge in [0, 0.05) is 11.1 Å². The van der Waals surface area contributed by atoms with Crippen LogP contribution in [0.3, 0.4) is 0 Å². The minimum absolute atomic E-state index is 0. The minimum atomic E-state index is -5.43. The molecule has 152 valence electrons. The van der Waals surface area contributed by atoms with E-state index in [9.17, 15) is 9.59 Å².